The van der Waals surface area contributed by atoms with Gasteiger partial charge in [0.1, 0.15) is 6.33 Å². The summed E-state index contributed by atoms with van der Waals surface area (Å²) >= 11 is 0. The van der Waals surface area contributed by atoms with E-state index < -0.39 is 0 Å². The van der Waals surface area contributed by atoms with E-state index in [9.17, 15) is 4.79 Å². The fraction of sp³-hybridized carbons (Fsp3) is 0.467. The lowest BCUT2D eigenvalue weighted by atomic mass is 10.1. The molecule has 7 heteroatoms. The molecule has 2 aromatic rings. The van der Waals surface area contributed by atoms with Gasteiger partial charge in [-0.25, -0.2) is 4.68 Å². The van der Waals surface area contributed by atoms with Gasteiger partial charge in [0.25, 0.3) is 0 Å². The Bertz CT molecular complexity index is 623. The Morgan fingerprint density at radius 2 is 2.09 bits per heavy atom. The topological polar surface area (TPSA) is 84.7 Å². The van der Waals surface area contributed by atoms with Crippen molar-refractivity contribution in [1.29, 1.82) is 0 Å². The van der Waals surface area contributed by atoms with Crippen LogP contribution in [0.3, 0.4) is 0 Å². The molecule has 1 aromatic heterocycles. The lowest BCUT2D eigenvalue weighted by Crippen LogP contribution is -2.39. The summed E-state index contributed by atoms with van der Waals surface area (Å²) < 4.78 is 1.61. The summed E-state index contributed by atoms with van der Waals surface area (Å²) in [6.45, 7) is 8.40. The van der Waals surface area contributed by atoms with E-state index in [-0.39, 0.29) is 18.5 Å². The average molecular weight is 302 g/mol. The van der Waals surface area contributed by atoms with Crippen molar-refractivity contribution in [3.8, 4) is 5.69 Å². The van der Waals surface area contributed by atoms with Crippen molar-refractivity contribution in [2.45, 2.75) is 33.7 Å². The van der Waals surface area contributed by atoms with Crippen molar-refractivity contribution < 1.29 is 4.79 Å². The maximum atomic E-state index is 11.9. The van der Waals surface area contributed by atoms with Crippen LogP contribution in [0.4, 0.5) is 5.69 Å². The molecule has 0 aliphatic carbocycles. The summed E-state index contributed by atoms with van der Waals surface area (Å²) in [7, 11) is 0. The first kappa shape index (κ1) is 15.9. The van der Waals surface area contributed by atoms with Crippen molar-refractivity contribution in [3.05, 3.63) is 30.1 Å². The number of carbonyl (C=O) groups excluding carboxylic acids is 1. The Kier molecular flexibility index (Phi) is 5.08. The van der Waals surface area contributed by atoms with E-state index in [4.69, 9.17) is 0 Å². The predicted octanol–water partition coefficient (Wildman–Crippen LogP) is 1.54. The van der Waals surface area contributed by atoms with Gasteiger partial charge < -0.3 is 10.6 Å². The van der Waals surface area contributed by atoms with Gasteiger partial charge in [-0.2, -0.15) is 0 Å². The van der Waals surface area contributed by atoms with E-state index >= 15 is 0 Å². The van der Waals surface area contributed by atoms with Gasteiger partial charge in [0.15, 0.2) is 0 Å². The monoisotopic (exact) mass is 302 g/mol. The standard InChI is InChI=1S/C15H22N6O/c1-10(2)12(4)18-15(22)8-16-13-5-6-14(11(3)7-13)21-9-17-19-20-21/h5-7,9-10,12,16H,8H2,1-4H3,(H,18,22). The van der Waals surface area contributed by atoms with Crippen LogP contribution in [0.5, 0.6) is 0 Å². The molecule has 1 amide bonds. The van der Waals surface area contributed by atoms with Crippen LogP contribution >= 0.6 is 0 Å². The maximum Gasteiger partial charge on any atom is 0.239 e. The SMILES string of the molecule is Cc1cc(NCC(=O)NC(C)C(C)C)ccc1-n1cnnn1. The molecule has 0 aliphatic rings. The molecule has 1 heterocycles. The maximum absolute atomic E-state index is 11.9. The molecule has 1 aromatic carbocycles. The number of carbonyl (C=O) groups is 1. The summed E-state index contributed by atoms with van der Waals surface area (Å²) in [4.78, 5) is 11.9. The molecule has 2 rings (SSSR count). The molecule has 1 unspecified atom stereocenters. The summed E-state index contributed by atoms with van der Waals surface area (Å²) in [6, 6.07) is 5.96. The summed E-state index contributed by atoms with van der Waals surface area (Å²) in [5.74, 6) is 0.408. The number of anilines is 1. The molecule has 0 saturated heterocycles. The van der Waals surface area contributed by atoms with E-state index in [1.165, 1.54) is 0 Å². The number of rotatable bonds is 6. The first-order valence-electron chi connectivity index (χ1n) is 7.34. The van der Waals surface area contributed by atoms with E-state index in [0.717, 1.165) is 16.9 Å². The molecular formula is C15H22N6O. The zero-order valence-corrected chi connectivity index (χ0v) is 13.4. The minimum absolute atomic E-state index is 0.0107. The van der Waals surface area contributed by atoms with Gasteiger partial charge in [-0.3, -0.25) is 4.79 Å². The van der Waals surface area contributed by atoms with Crippen LogP contribution in [0.15, 0.2) is 24.5 Å². The second kappa shape index (κ2) is 7.02. The summed E-state index contributed by atoms with van der Waals surface area (Å²) in [5.41, 5.74) is 2.82. The van der Waals surface area contributed by atoms with Crippen molar-refractivity contribution in [1.82, 2.24) is 25.5 Å². The fourth-order valence-corrected chi connectivity index (χ4v) is 1.95. The van der Waals surface area contributed by atoms with E-state index in [0.29, 0.717) is 5.92 Å². The lowest BCUT2D eigenvalue weighted by Gasteiger charge is -2.18. The van der Waals surface area contributed by atoms with E-state index in [1.807, 2.05) is 32.0 Å². The number of aromatic nitrogens is 4. The Morgan fingerprint density at radius 3 is 2.68 bits per heavy atom. The number of hydrogen-bond acceptors (Lipinski definition) is 5. The smallest absolute Gasteiger partial charge is 0.239 e. The third-order valence-electron chi connectivity index (χ3n) is 3.63. The van der Waals surface area contributed by atoms with Crippen molar-refractivity contribution in [3.63, 3.8) is 0 Å². The van der Waals surface area contributed by atoms with Crippen molar-refractivity contribution >= 4 is 11.6 Å². The molecular weight excluding hydrogens is 280 g/mol. The first-order chi connectivity index (χ1) is 10.5. The molecule has 0 aliphatic heterocycles. The highest BCUT2D eigenvalue weighted by Gasteiger charge is 2.10. The predicted molar refractivity (Wildman–Crippen MR) is 84.8 cm³/mol. The van der Waals surface area contributed by atoms with Crippen LogP contribution in [0, 0.1) is 12.8 Å². The second-order valence-corrected chi connectivity index (χ2v) is 5.71. The van der Waals surface area contributed by atoms with Crippen LogP contribution < -0.4 is 10.6 Å². The third kappa shape index (κ3) is 4.03. The number of benzene rings is 1. The molecule has 7 nitrogen and oxygen atoms in total. The highest BCUT2D eigenvalue weighted by atomic mass is 16.1. The molecule has 2 N–H and O–H groups in total. The van der Waals surface area contributed by atoms with Crippen LogP contribution in [-0.2, 0) is 4.79 Å². The molecule has 0 fully saturated rings. The van der Waals surface area contributed by atoms with Gasteiger partial charge in [0.2, 0.25) is 5.91 Å². The Hall–Kier alpha value is -2.44. The summed E-state index contributed by atoms with van der Waals surface area (Å²) in [5, 5.41) is 17.2. The van der Waals surface area contributed by atoms with Crippen LogP contribution in [0.2, 0.25) is 0 Å². The minimum atomic E-state index is -0.0107. The Balaban J connectivity index is 1.94. The highest BCUT2D eigenvalue weighted by molar-refractivity contribution is 5.81. The van der Waals surface area contributed by atoms with Crippen molar-refractivity contribution in [2.24, 2.45) is 5.92 Å². The number of nitrogens with one attached hydrogen (secondary N) is 2. The average Bonchev–Trinajstić information content (AvgIpc) is 2.99. The largest absolute Gasteiger partial charge is 0.376 e. The van der Waals surface area contributed by atoms with Gasteiger partial charge in [-0.1, -0.05) is 13.8 Å². The van der Waals surface area contributed by atoms with E-state index in [2.05, 4.69) is 40.0 Å². The molecule has 0 saturated carbocycles. The molecule has 0 bridgehead atoms. The number of hydrogen-bond donors (Lipinski definition) is 2. The molecule has 1 atom stereocenters. The molecule has 0 spiro atoms. The highest BCUT2D eigenvalue weighted by Crippen LogP contribution is 2.17. The number of aryl methyl sites for hydroxylation is 1. The zero-order valence-electron chi connectivity index (χ0n) is 13.4. The van der Waals surface area contributed by atoms with Crippen molar-refractivity contribution in [2.75, 3.05) is 11.9 Å². The van der Waals surface area contributed by atoms with Crippen LogP contribution in [0.1, 0.15) is 26.3 Å². The minimum Gasteiger partial charge on any atom is -0.376 e. The van der Waals surface area contributed by atoms with Gasteiger partial charge in [-0.05, 0) is 54.0 Å². The quantitative estimate of drug-likeness (QED) is 0.845. The fourth-order valence-electron chi connectivity index (χ4n) is 1.95. The Labute approximate surface area is 130 Å². The molecule has 22 heavy (non-hydrogen) atoms. The number of nitrogens with zero attached hydrogens (tertiary/aromatic N) is 4. The zero-order chi connectivity index (χ0) is 16.1. The molecule has 118 valence electrons. The van der Waals surface area contributed by atoms with Gasteiger partial charge in [0, 0.05) is 11.7 Å². The number of tetrazole rings is 1. The lowest BCUT2D eigenvalue weighted by molar-refractivity contribution is -0.120. The van der Waals surface area contributed by atoms with Gasteiger partial charge in [-0.15, -0.1) is 5.10 Å². The Morgan fingerprint density at radius 1 is 1.32 bits per heavy atom. The van der Waals surface area contributed by atoms with Gasteiger partial charge >= 0.3 is 0 Å². The van der Waals surface area contributed by atoms with Crippen LogP contribution in [0.25, 0.3) is 5.69 Å². The first-order valence-corrected chi connectivity index (χ1v) is 7.34. The second-order valence-electron chi connectivity index (χ2n) is 5.71. The molecule has 0 radical (unpaired) electrons. The van der Waals surface area contributed by atoms with Gasteiger partial charge in [0.05, 0.1) is 12.2 Å². The number of amides is 1. The summed E-state index contributed by atoms with van der Waals surface area (Å²) in [6.07, 6.45) is 1.55. The van der Waals surface area contributed by atoms with E-state index in [1.54, 1.807) is 11.0 Å². The normalized spacial score (nSPS) is 12.2. The third-order valence-corrected chi connectivity index (χ3v) is 3.63. The van der Waals surface area contributed by atoms with Crippen LogP contribution in [-0.4, -0.2) is 38.7 Å².